The largest absolute Gasteiger partial charge is 0.348 e. The molecule has 0 unspecified atom stereocenters. The van der Waals surface area contributed by atoms with Crippen LogP contribution in [-0.4, -0.2) is 14.9 Å². The van der Waals surface area contributed by atoms with Crippen molar-refractivity contribution in [2.24, 2.45) is 0 Å². The Kier molecular flexibility index (Phi) is 6.39. The first-order chi connectivity index (χ1) is 14.6. The molecule has 1 aromatic carbocycles. The highest BCUT2D eigenvalue weighted by Gasteiger charge is 2.15. The molecule has 3 heterocycles. The molecule has 0 aliphatic heterocycles. The van der Waals surface area contributed by atoms with E-state index in [2.05, 4.69) is 34.2 Å². The first-order valence-electron chi connectivity index (χ1n) is 10.2. The average Bonchev–Trinajstić information content (AvgIpc) is 3.42. The molecule has 1 N–H and O–H groups in total. The van der Waals surface area contributed by atoms with Crippen molar-refractivity contribution in [1.29, 1.82) is 0 Å². The van der Waals surface area contributed by atoms with Crippen LogP contribution in [0.25, 0.3) is 16.6 Å². The molecule has 156 valence electrons. The lowest BCUT2D eigenvalue weighted by atomic mass is 10.1. The Hall–Kier alpha value is -2.38. The first kappa shape index (κ1) is 20.9. The Bertz CT molecular complexity index is 1230. The minimum atomic E-state index is -0.0338. The maximum Gasteiger partial charge on any atom is 0.275 e. The number of nitrogens with one attached hydrogen (secondary N) is 1. The molecule has 1 atom stereocenters. The van der Waals surface area contributed by atoms with Crippen LogP contribution >= 0.6 is 27.3 Å². The summed E-state index contributed by atoms with van der Waals surface area (Å²) in [4.78, 5) is 26.8. The number of aromatic nitrogens is 2. The second-order valence-corrected chi connectivity index (χ2v) is 9.28. The fourth-order valence-electron chi connectivity index (χ4n) is 3.88. The zero-order chi connectivity index (χ0) is 21.1. The van der Waals surface area contributed by atoms with Gasteiger partial charge in [-0.15, -0.1) is 11.3 Å². The van der Waals surface area contributed by atoms with Crippen molar-refractivity contribution in [3.8, 4) is 0 Å². The van der Waals surface area contributed by atoms with E-state index < -0.39 is 0 Å². The summed E-state index contributed by atoms with van der Waals surface area (Å²) in [6, 6.07) is 13.8. The number of carbonyl (C=O) groups is 1. The molecule has 30 heavy (non-hydrogen) atoms. The van der Waals surface area contributed by atoms with E-state index in [9.17, 15) is 9.59 Å². The lowest BCUT2D eigenvalue weighted by Gasteiger charge is -2.17. The van der Waals surface area contributed by atoms with Gasteiger partial charge in [-0.25, -0.2) is 0 Å². The molecular weight excluding hydrogens is 462 g/mol. The number of nitrogens with zero attached hydrogens (tertiary/aromatic N) is 2. The van der Waals surface area contributed by atoms with Crippen LogP contribution in [0.3, 0.4) is 0 Å². The first-order valence-corrected chi connectivity index (χ1v) is 11.9. The number of halogens is 1. The van der Waals surface area contributed by atoms with Crippen molar-refractivity contribution < 1.29 is 4.79 Å². The maximum atomic E-state index is 13.0. The van der Waals surface area contributed by atoms with Gasteiger partial charge in [-0.1, -0.05) is 35.3 Å². The van der Waals surface area contributed by atoms with E-state index in [-0.39, 0.29) is 17.5 Å². The van der Waals surface area contributed by atoms with Gasteiger partial charge in [0.25, 0.3) is 5.56 Å². The van der Waals surface area contributed by atoms with Crippen molar-refractivity contribution in [3.05, 3.63) is 73.7 Å². The molecule has 4 aromatic rings. The van der Waals surface area contributed by atoms with Gasteiger partial charge >= 0.3 is 0 Å². The van der Waals surface area contributed by atoms with Crippen LogP contribution in [0.1, 0.15) is 43.5 Å². The van der Waals surface area contributed by atoms with Gasteiger partial charge in [-0.3, -0.25) is 9.59 Å². The monoisotopic (exact) mass is 485 g/mol. The second-order valence-electron chi connectivity index (χ2n) is 7.38. The third-order valence-corrected chi connectivity index (χ3v) is 6.76. The molecule has 7 heteroatoms. The Balaban J connectivity index is 1.50. The zero-order valence-electron chi connectivity index (χ0n) is 16.8. The summed E-state index contributed by atoms with van der Waals surface area (Å²) in [6.45, 7) is 2.62. The van der Waals surface area contributed by atoms with E-state index >= 15 is 0 Å². The Morgan fingerprint density at radius 3 is 2.80 bits per heavy atom. The van der Waals surface area contributed by atoms with Gasteiger partial charge < -0.3 is 14.3 Å². The number of fused-ring (bicyclic) bond motifs is 3. The summed E-state index contributed by atoms with van der Waals surface area (Å²) in [5.74, 6) is 0.0316. The van der Waals surface area contributed by atoms with Gasteiger partial charge in [0.05, 0.1) is 17.1 Å². The van der Waals surface area contributed by atoms with Crippen LogP contribution in [0.2, 0.25) is 0 Å². The second kappa shape index (κ2) is 9.18. The number of amides is 1. The topological polar surface area (TPSA) is 55.5 Å². The summed E-state index contributed by atoms with van der Waals surface area (Å²) in [5, 5.41) is 5.20. The van der Waals surface area contributed by atoms with E-state index in [4.69, 9.17) is 0 Å². The fourth-order valence-corrected chi connectivity index (χ4v) is 5.04. The molecule has 0 aliphatic carbocycles. The minimum absolute atomic E-state index is 0.0316. The van der Waals surface area contributed by atoms with Crippen molar-refractivity contribution >= 4 is 49.7 Å². The van der Waals surface area contributed by atoms with Gasteiger partial charge in [-0.2, -0.15) is 0 Å². The SMILES string of the molecule is CCC[C@@H](NC(=O)CCCn1c(=O)c2cccn2c2ccc(Br)cc21)c1cccs1. The van der Waals surface area contributed by atoms with Crippen molar-refractivity contribution in [2.75, 3.05) is 0 Å². The number of benzene rings is 1. The van der Waals surface area contributed by atoms with E-state index in [1.54, 1.807) is 15.9 Å². The molecule has 0 radical (unpaired) electrons. The molecule has 0 saturated heterocycles. The van der Waals surface area contributed by atoms with Crippen molar-refractivity contribution in [3.63, 3.8) is 0 Å². The fraction of sp³-hybridized carbons (Fsp3) is 0.304. The normalized spacial score (nSPS) is 12.5. The molecule has 1 amide bonds. The number of rotatable bonds is 8. The predicted octanol–water partition coefficient (Wildman–Crippen LogP) is 5.52. The number of aryl methyl sites for hydroxylation is 1. The van der Waals surface area contributed by atoms with Crippen LogP contribution in [-0.2, 0) is 11.3 Å². The minimum Gasteiger partial charge on any atom is -0.348 e. The number of hydrogen-bond donors (Lipinski definition) is 1. The Labute approximate surface area is 187 Å². The standard InChI is InChI=1S/C23H24BrN3O2S/c1-2-6-17(21-8-5-14-30-21)25-22(28)9-4-13-27-20-15-16(24)10-11-18(20)26-12-3-7-19(26)23(27)29/h3,5,7-8,10-12,14-15,17H,2,4,6,9,13H2,1H3,(H,25,28)/t17-/m1/s1. The quantitative estimate of drug-likeness (QED) is 0.357. The predicted molar refractivity (Wildman–Crippen MR) is 126 cm³/mol. The molecule has 3 aromatic heterocycles. The highest BCUT2D eigenvalue weighted by atomic mass is 79.9. The highest BCUT2D eigenvalue weighted by molar-refractivity contribution is 9.10. The Morgan fingerprint density at radius 2 is 2.03 bits per heavy atom. The lowest BCUT2D eigenvalue weighted by Crippen LogP contribution is -2.28. The maximum absolute atomic E-state index is 13.0. The lowest BCUT2D eigenvalue weighted by molar-refractivity contribution is -0.122. The summed E-state index contributed by atoms with van der Waals surface area (Å²) in [7, 11) is 0. The van der Waals surface area contributed by atoms with Gasteiger partial charge in [0, 0.05) is 28.5 Å². The van der Waals surface area contributed by atoms with Gasteiger partial charge in [0.2, 0.25) is 5.91 Å². The third kappa shape index (κ3) is 4.23. The Morgan fingerprint density at radius 1 is 1.17 bits per heavy atom. The molecule has 0 spiro atoms. The van der Waals surface area contributed by atoms with Crippen LogP contribution in [0, 0.1) is 0 Å². The van der Waals surface area contributed by atoms with E-state index in [0.29, 0.717) is 24.9 Å². The molecule has 0 aliphatic rings. The van der Waals surface area contributed by atoms with Crippen molar-refractivity contribution in [2.45, 2.75) is 45.2 Å². The molecule has 4 rings (SSSR count). The van der Waals surface area contributed by atoms with Crippen LogP contribution < -0.4 is 10.9 Å². The van der Waals surface area contributed by atoms with Crippen LogP contribution in [0.4, 0.5) is 0 Å². The third-order valence-electron chi connectivity index (χ3n) is 5.29. The number of thiophene rings is 1. The zero-order valence-corrected chi connectivity index (χ0v) is 19.2. The molecule has 5 nitrogen and oxygen atoms in total. The summed E-state index contributed by atoms with van der Waals surface area (Å²) >= 11 is 5.18. The molecule has 0 fully saturated rings. The van der Waals surface area contributed by atoms with E-state index in [1.807, 2.05) is 52.4 Å². The molecule has 0 saturated carbocycles. The van der Waals surface area contributed by atoms with Gasteiger partial charge in [0.1, 0.15) is 5.52 Å². The molecule has 0 bridgehead atoms. The van der Waals surface area contributed by atoms with Crippen LogP contribution in [0.15, 0.2) is 63.3 Å². The highest BCUT2D eigenvalue weighted by Crippen LogP contribution is 2.24. The van der Waals surface area contributed by atoms with E-state index in [0.717, 1.165) is 28.3 Å². The average molecular weight is 486 g/mol. The number of hydrogen-bond acceptors (Lipinski definition) is 3. The summed E-state index contributed by atoms with van der Waals surface area (Å²) in [6.07, 6.45) is 4.84. The number of carbonyl (C=O) groups excluding carboxylic acids is 1. The van der Waals surface area contributed by atoms with Crippen molar-refractivity contribution in [1.82, 2.24) is 14.3 Å². The molecular formula is C23H24BrN3O2S. The van der Waals surface area contributed by atoms with E-state index in [1.165, 1.54) is 4.88 Å². The van der Waals surface area contributed by atoms with Gasteiger partial charge in [-0.05, 0) is 54.6 Å². The smallest absolute Gasteiger partial charge is 0.275 e. The summed E-state index contributed by atoms with van der Waals surface area (Å²) in [5.41, 5.74) is 2.45. The van der Waals surface area contributed by atoms with Gasteiger partial charge in [0.15, 0.2) is 0 Å². The summed E-state index contributed by atoms with van der Waals surface area (Å²) < 4.78 is 4.63. The van der Waals surface area contributed by atoms with Crippen LogP contribution in [0.5, 0.6) is 0 Å².